The fourth-order valence-electron chi connectivity index (χ4n) is 1.62. The minimum absolute atomic E-state index is 0.0495. The molecular weight excluding hydrogens is 247 g/mol. The highest BCUT2D eigenvalue weighted by Gasteiger charge is 2.07. The number of carbonyl (C=O) groups excluding carboxylic acids is 1. The first-order chi connectivity index (χ1) is 9.17. The molecule has 0 fully saturated rings. The maximum atomic E-state index is 13.1. The molecule has 5 heteroatoms. The first-order valence-corrected chi connectivity index (χ1v) is 6.50. The third kappa shape index (κ3) is 5.70. The highest BCUT2D eigenvalue weighted by Crippen LogP contribution is 2.19. The zero-order valence-electron chi connectivity index (χ0n) is 11.5. The maximum Gasteiger partial charge on any atom is 0.257 e. The summed E-state index contributed by atoms with van der Waals surface area (Å²) >= 11 is 0. The lowest BCUT2D eigenvalue weighted by atomic mass is 10.2. The van der Waals surface area contributed by atoms with E-state index in [0.29, 0.717) is 24.4 Å². The molecule has 0 aromatic heterocycles. The van der Waals surface area contributed by atoms with Crippen molar-refractivity contribution >= 4 is 5.91 Å². The largest absolute Gasteiger partial charge is 0.483 e. The Morgan fingerprint density at radius 3 is 2.89 bits per heavy atom. The van der Waals surface area contributed by atoms with Crippen LogP contribution in [0.5, 0.6) is 5.75 Å². The molecule has 0 radical (unpaired) electrons. The van der Waals surface area contributed by atoms with E-state index in [2.05, 4.69) is 17.6 Å². The summed E-state index contributed by atoms with van der Waals surface area (Å²) in [6.45, 7) is 3.16. The number of rotatable bonds is 8. The average Bonchev–Trinajstić information content (AvgIpc) is 2.38. The molecule has 0 spiro atoms. The van der Waals surface area contributed by atoms with Crippen molar-refractivity contribution in [2.45, 2.75) is 26.3 Å². The maximum absolute atomic E-state index is 13.1. The Morgan fingerprint density at radius 2 is 2.21 bits per heavy atom. The molecule has 4 nitrogen and oxygen atoms in total. The average molecular weight is 268 g/mol. The van der Waals surface area contributed by atoms with Crippen molar-refractivity contribution in [2.24, 2.45) is 0 Å². The van der Waals surface area contributed by atoms with Crippen LogP contribution in [0.25, 0.3) is 0 Å². The first-order valence-electron chi connectivity index (χ1n) is 6.50. The minimum Gasteiger partial charge on any atom is -0.483 e. The second-order valence-electron chi connectivity index (χ2n) is 4.27. The second-order valence-corrected chi connectivity index (χ2v) is 4.27. The van der Waals surface area contributed by atoms with Crippen LogP contribution >= 0.6 is 0 Å². The van der Waals surface area contributed by atoms with Gasteiger partial charge in [-0.15, -0.1) is 0 Å². The molecule has 1 rings (SSSR count). The Balaban J connectivity index is 2.50. The molecule has 1 amide bonds. The molecule has 0 saturated heterocycles. The molecule has 1 aromatic rings. The van der Waals surface area contributed by atoms with Gasteiger partial charge in [0.2, 0.25) is 0 Å². The van der Waals surface area contributed by atoms with Gasteiger partial charge in [0.15, 0.2) is 6.61 Å². The van der Waals surface area contributed by atoms with Crippen LogP contribution in [0, 0.1) is 5.82 Å². The molecule has 0 unspecified atom stereocenters. The SMILES string of the molecule is CCCCNC(=O)COc1ccc(F)cc1CNC. The summed E-state index contributed by atoms with van der Waals surface area (Å²) in [5.41, 5.74) is 0.698. The molecule has 0 bridgehead atoms. The van der Waals surface area contributed by atoms with Crippen molar-refractivity contribution in [3.8, 4) is 5.75 Å². The quantitative estimate of drug-likeness (QED) is 0.707. The molecule has 0 aliphatic carbocycles. The monoisotopic (exact) mass is 268 g/mol. The Bertz CT molecular complexity index is 410. The number of ether oxygens (including phenoxy) is 1. The van der Waals surface area contributed by atoms with Crippen molar-refractivity contribution in [3.05, 3.63) is 29.6 Å². The van der Waals surface area contributed by atoms with Crippen molar-refractivity contribution in [2.75, 3.05) is 20.2 Å². The zero-order valence-corrected chi connectivity index (χ0v) is 11.5. The van der Waals surface area contributed by atoms with E-state index in [1.165, 1.54) is 12.1 Å². The molecule has 0 aliphatic rings. The summed E-state index contributed by atoms with van der Waals surface area (Å²) in [5, 5.41) is 5.70. The predicted octanol–water partition coefficient (Wildman–Crippen LogP) is 1.84. The minimum atomic E-state index is -0.315. The predicted molar refractivity (Wildman–Crippen MR) is 72.6 cm³/mol. The van der Waals surface area contributed by atoms with Gasteiger partial charge in [-0.3, -0.25) is 4.79 Å². The number of nitrogens with one attached hydrogen (secondary N) is 2. The number of benzene rings is 1. The van der Waals surface area contributed by atoms with Crippen LogP contribution in [0.4, 0.5) is 4.39 Å². The molecule has 0 atom stereocenters. The van der Waals surface area contributed by atoms with Crippen molar-refractivity contribution < 1.29 is 13.9 Å². The summed E-state index contributed by atoms with van der Waals surface area (Å²) in [4.78, 5) is 11.5. The van der Waals surface area contributed by atoms with E-state index in [-0.39, 0.29) is 18.3 Å². The molecule has 0 heterocycles. The summed E-state index contributed by atoms with van der Waals surface area (Å²) in [6, 6.07) is 4.27. The number of hydrogen-bond acceptors (Lipinski definition) is 3. The Kier molecular flexibility index (Phi) is 6.89. The lowest BCUT2D eigenvalue weighted by molar-refractivity contribution is -0.123. The molecular formula is C14H21FN2O2. The third-order valence-electron chi connectivity index (χ3n) is 2.60. The molecule has 1 aromatic carbocycles. The normalized spacial score (nSPS) is 10.3. The summed E-state index contributed by atoms with van der Waals surface area (Å²) < 4.78 is 18.5. The number of carbonyl (C=O) groups is 1. The molecule has 19 heavy (non-hydrogen) atoms. The van der Waals surface area contributed by atoms with Gasteiger partial charge in [0.05, 0.1) is 0 Å². The van der Waals surface area contributed by atoms with Crippen LogP contribution in [-0.2, 0) is 11.3 Å². The van der Waals surface area contributed by atoms with Gasteiger partial charge in [0.1, 0.15) is 11.6 Å². The van der Waals surface area contributed by atoms with E-state index < -0.39 is 0 Å². The van der Waals surface area contributed by atoms with Crippen LogP contribution < -0.4 is 15.4 Å². The van der Waals surface area contributed by atoms with Gasteiger partial charge in [-0.2, -0.15) is 0 Å². The van der Waals surface area contributed by atoms with Gasteiger partial charge in [-0.1, -0.05) is 13.3 Å². The highest BCUT2D eigenvalue weighted by atomic mass is 19.1. The van der Waals surface area contributed by atoms with Crippen LogP contribution in [0.1, 0.15) is 25.3 Å². The van der Waals surface area contributed by atoms with Crippen LogP contribution in [0.3, 0.4) is 0 Å². The Labute approximate surface area is 113 Å². The fourth-order valence-corrected chi connectivity index (χ4v) is 1.62. The lowest BCUT2D eigenvalue weighted by Gasteiger charge is -2.11. The second kappa shape index (κ2) is 8.48. The topological polar surface area (TPSA) is 50.4 Å². The highest BCUT2D eigenvalue weighted by molar-refractivity contribution is 5.77. The van der Waals surface area contributed by atoms with Crippen LogP contribution in [0.15, 0.2) is 18.2 Å². The smallest absolute Gasteiger partial charge is 0.257 e. The van der Waals surface area contributed by atoms with E-state index in [1.807, 2.05) is 0 Å². The number of amides is 1. The molecule has 106 valence electrons. The van der Waals surface area contributed by atoms with E-state index in [0.717, 1.165) is 12.8 Å². The first kappa shape index (κ1) is 15.4. The third-order valence-corrected chi connectivity index (χ3v) is 2.60. The molecule has 0 aliphatic heterocycles. The van der Waals surface area contributed by atoms with Gasteiger partial charge in [-0.05, 0) is 31.7 Å². The van der Waals surface area contributed by atoms with Gasteiger partial charge < -0.3 is 15.4 Å². The summed E-state index contributed by atoms with van der Waals surface area (Å²) in [6.07, 6.45) is 1.98. The van der Waals surface area contributed by atoms with Gasteiger partial charge in [-0.25, -0.2) is 4.39 Å². The van der Waals surface area contributed by atoms with Crippen molar-refractivity contribution in [1.29, 1.82) is 0 Å². The van der Waals surface area contributed by atoms with E-state index >= 15 is 0 Å². The molecule has 0 saturated carbocycles. The number of halogens is 1. The van der Waals surface area contributed by atoms with Gasteiger partial charge >= 0.3 is 0 Å². The Hall–Kier alpha value is -1.62. The summed E-state index contributed by atoms with van der Waals surface area (Å²) in [7, 11) is 1.77. The number of unbranched alkanes of at least 4 members (excludes halogenated alkanes) is 1. The van der Waals surface area contributed by atoms with Gasteiger partial charge in [0, 0.05) is 18.7 Å². The van der Waals surface area contributed by atoms with E-state index in [9.17, 15) is 9.18 Å². The Morgan fingerprint density at radius 1 is 1.42 bits per heavy atom. The fraction of sp³-hybridized carbons (Fsp3) is 0.500. The standard InChI is InChI=1S/C14H21FN2O2/c1-3-4-7-17-14(18)10-19-13-6-5-12(15)8-11(13)9-16-2/h5-6,8,16H,3-4,7,9-10H2,1-2H3,(H,17,18). The van der Waals surface area contributed by atoms with Crippen molar-refractivity contribution in [1.82, 2.24) is 10.6 Å². The number of hydrogen-bond donors (Lipinski definition) is 2. The zero-order chi connectivity index (χ0) is 14.1. The molecule has 2 N–H and O–H groups in total. The van der Waals surface area contributed by atoms with Crippen LogP contribution in [-0.4, -0.2) is 26.1 Å². The van der Waals surface area contributed by atoms with E-state index in [1.54, 1.807) is 13.1 Å². The van der Waals surface area contributed by atoms with E-state index in [4.69, 9.17) is 4.74 Å². The van der Waals surface area contributed by atoms with Crippen LogP contribution in [0.2, 0.25) is 0 Å². The van der Waals surface area contributed by atoms with Gasteiger partial charge in [0.25, 0.3) is 5.91 Å². The lowest BCUT2D eigenvalue weighted by Crippen LogP contribution is -2.29. The van der Waals surface area contributed by atoms with Crippen molar-refractivity contribution in [3.63, 3.8) is 0 Å². The summed E-state index contributed by atoms with van der Waals surface area (Å²) in [5.74, 6) is 0.0552.